The SMILES string of the molecule is CC1Cc2cc(O)ccc2C(c2c(F)cc(NC3CN(CCCF)C3)cc2F)N1CC(F)(F)CO[Si](c1ccccc1)(c1ccccc1)C(C)(C)C. The van der Waals surface area contributed by atoms with E-state index in [4.69, 9.17) is 4.43 Å². The van der Waals surface area contributed by atoms with Crippen molar-refractivity contribution in [3.8, 4) is 5.75 Å². The molecule has 2 aliphatic heterocycles. The van der Waals surface area contributed by atoms with E-state index < -0.39 is 62.8 Å². The van der Waals surface area contributed by atoms with Gasteiger partial charge in [-0.25, -0.2) is 17.6 Å². The van der Waals surface area contributed by atoms with E-state index in [2.05, 4.69) is 10.2 Å². The van der Waals surface area contributed by atoms with Crippen LogP contribution in [0, 0.1) is 11.6 Å². The number of halogens is 5. The highest BCUT2D eigenvalue weighted by Crippen LogP contribution is 2.44. The molecule has 6 rings (SSSR count). The van der Waals surface area contributed by atoms with Crippen molar-refractivity contribution in [2.45, 2.75) is 69.6 Å². The number of likely N-dealkylation sites (tertiary alicyclic amines) is 1. The van der Waals surface area contributed by atoms with Crippen LogP contribution in [0.5, 0.6) is 5.75 Å². The number of fused-ring (bicyclic) bond motifs is 1. The monoisotopic (exact) mass is 737 g/mol. The van der Waals surface area contributed by atoms with Crippen LogP contribution in [0.4, 0.5) is 27.6 Å². The molecule has 2 aliphatic rings. The fourth-order valence-corrected chi connectivity index (χ4v) is 12.6. The lowest BCUT2D eigenvalue weighted by Crippen LogP contribution is -2.67. The highest BCUT2D eigenvalue weighted by molar-refractivity contribution is 6.99. The van der Waals surface area contributed by atoms with Gasteiger partial charge in [0.25, 0.3) is 14.2 Å². The van der Waals surface area contributed by atoms with Crippen molar-refractivity contribution in [1.82, 2.24) is 9.80 Å². The van der Waals surface area contributed by atoms with Gasteiger partial charge < -0.3 is 14.8 Å². The van der Waals surface area contributed by atoms with Gasteiger partial charge in [0.05, 0.1) is 31.9 Å². The number of hydrogen-bond donors (Lipinski definition) is 2. The first-order valence-electron chi connectivity index (χ1n) is 18.0. The molecule has 4 aromatic rings. The summed E-state index contributed by atoms with van der Waals surface area (Å²) in [6, 6.07) is 24.3. The second-order valence-corrected chi connectivity index (χ2v) is 19.6. The van der Waals surface area contributed by atoms with Crippen LogP contribution in [-0.4, -0.2) is 80.7 Å². The van der Waals surface area contributed by atoms with Crippen LogP contribution in [0.25, 0.3) is 0 Å². The second kappa shape index (κ2) is 15.3. The normalized spacial score (nSPS) is 18.9. The number of phenols is 1. The number of phenolic OH excluding ortho intramolecular Hbond substituents is 1. The minimum absolute atomic E-state index is 0.0104. The highest BCUT2D eigenvalue weighted by Gasteiger charge is 2.52. The lowest BCUT2D eigenvalue weighted by atomic mass is 9.84. The van der Waals surface area contributed by atoms with Crippen molar-refractivity contribution in [2.75, 3.05) is 44.8 Å². The molecule has 4 aromatic carbocycles. The summed E-state index contributed by atoms with van der Waals surface area (Å²) in [6.45, 7) is 7.58. The summed E-state index contributed by atoms with van der Waals surface area (Å²) in [4.78, 5) is 3.53. The zero-order valence-corrected chi connectivity index (χ0v) is 31.2. The molecular formula is C41H48F5N3O2Si. The molecule has 0 spiro atoms. The molecule has 2 N–H and O–H groups in total. The van der Waals surface area contributed by atoms with E-state index in [9.17, 15) is 9.50 Å². The molecule has 5 nitrogen and oxygen atoms in total. The summed E-state index contributed by atoms with van der Waals surface area (Å²) in [5.41, 5.74) is 1.02. The smallest absolute Gasteiger partial charge is 0.282 e. The molecule has 0 amide bonds. The molecule has 0 aromatic heterocycles. The van der Waals surface area contributed by atoms with Gasteiger partial charge in [-0.3, -0.25) is 14.2 Å². The Morgan fingerprint density at radius 1 is 0.885 bits per heavy atom. The fourth-order valence-electron chi connectivity index (χ4n) is 8.05. The molecule has 2 atom stereocenters. The Bertz CT molecular complexity index is 1760. The third-order valence-corrected chi connectivity index (χ3v) is 15.4. The average Bonchev–Trinajstić information content (AvgIpc) is 3.07. The van der Waals surface area contributed by atoms with E-state index in [-0.39, 0.29) is 23.0 Å². The molecule has 2 unspecified atom stereocenters. The van der Waals surface area contributed by atoms with E-state index in [0.29, 0.717) is 43.6 Å². The highest BCUT2D eigenvalue weighted by atomic mass is 28.4. The van der Waals surface area contributed by atoms with Crippen molar-refractivity contribution in [1.29, 1.82) is 0 Å². The van der Waals surface area contributed by atoms with Crippen molar-refractivity contribution >= 4 is 24.4 Å². The molecular weight excluding hydrogens is 690 g/mol. The van der Waals surface area contributed by atoms with Gasteiger partial charge in [-0.2, -0.15) is 0 Å². The van der Waals surface area contributed by atoms with Gasteiger partial charge in [-0.15, -0.1) is 0 Å². The van der Waals surface area contributed by atoms with Crippen LogP contribution in [0.1, 0.15) is 56.8 Å². The number of nitrogens with zero attached hydrogens (tertiary/aromatic N) is 2. The first kappa shape index (κ1) is 38.0. The molecule has 0 bridgehead atoms. The number of benzene rings is 4. The zero-order valence-electron chi connectivity index (χ0n) is 30.2. The minimum Gasteiger partial charge on any atom is -0.508 e. The Morgan fingerprint density at radius 3 is 2.04 bits per heavy atom. The Balaban J connectivity index is 1.31. The number of nitrogens with one attached hydrogen (secondary N) is 1. The summed E-state index contributed by atoms with van der Waals surface area (Å²) >= 11 is 0. The fraction of sp³-hybridized carbons (Fsp3) is 0.415. The number of alkyl halides is 3. The summed E-state index contributed by atoms with van der Waals surface area (Å²) in [6.07, 6.45) is 0.736. The average molecular weight is 738 g/mol. The lowest BCUT2D eigenvalue weighted by molar-refractivity contribution is -0.0823. The van der Waals surface area contributed by atoms with E-state index in [1.807, 2.05) is 81.4 Å². The largest absolute Gasteiger partial charge is 0.508 e. The molecule has 1 fully saturated rings. The Labute approximate surface area is 304 Å². The molecule has 2 heterocycles. The molecule has 52 heavy (non-hydrogen) atoms. The first-order valence-corrected chi connectivity index (χ1v) is 19.9. The second-order valence-electron chi connectivity index (χ2n) is 15.3. The molecule has 0 aliphatic carbocycles. The topological polar surface area (TPSA) is 48.0 Å². The summed E-state index contributed by atoms with van der Waals surface area (Å²) in [5, 5.41) is 14.7. The third-order valence-electron chi connectivity index (χ3n) is 10.5. The molecule has 278 valence electrons. The number of aromatic hydroxyl groups is 1. The van der Waals surface area contributed by atoms with Gasteiger partial charge in [0.2, 0.25) is 0 Å². The van der Waals surface area contributed by atoms with E-state index >= 15 is 17.6 Å². The van der Waals surface area contributed by atoms with Gasteiger partial charge in [0.1, 0.15) is 17.4 Å². The van der Waals surface area contributed by atoms with Crippen LogP contribution in [0.3, 0.4) is 0 Å². The van der Waals surface area contributed by atoms with Gasteiger partial charge in [-0.05, 0) is 70.6 Å². The van der Waals surface area contributed by atoms with Crippen LogP contribution in [0.2, 0.25) is 5.04 Å². The third kappa shape index (κ3) is 7.78. The van der Waals surface area contributed by atoms with Crippen molar-refractivity contribution in [2.24, 2.45) is 0 Å². The molecule has 0 radical (unpaired) electrons. The predicted molar refractivity (Wildman–Crippen MR) is 199 cm³/mol. The molecule has 11 heteroatoms. The zero-order chi connectivity index (χ0) is 37.3. The van der Waals surface area contributed by atoms with Crippen LogP contribution >= 0.6 is 0 Å². The maximum absolute atomic E-state index is 16.6. The predicted octanol–water partition coefficient (Wildman–Crippen LogP) is 7.67. The van der Waals surface area contributed by atoms with Crippen molar-refractivity contribution in [3.63, 3.8) is 0 Å². The number of hydrogen-bond acceptors (Lipinski definition) is 5. The Morgan fingerprint density at radius 2 is 1.48 bits per heavy atom. The maximum atomic E-state index is 16.6. The Kier molecular flexibility index (Phi) is 11.2. The van der Waals surface area contributed by atoms with Gasteiger partial charge in [-0.1, -0.05) is 87.5 Å². The van der Waals surface area contributed by atoms with E-state index in [0.717, 1.165) is 10.4 Å². The van der Waals surface area contributed by atoms with Crippen LogP contribution < -0.4 is 15.7 Å². The summed E-state index contributed by atoms with van der Waals surface area (Å²) in [7, 11) is -3.31. The standard InChI is InChI=1S/C41H48F5N3O2Si/c1-28-20-29-21-32(50)16-17-35(29)39(38-36(43)22-30(23-37(38)44)47-31-24-48(25-31)19-11-18-42)49(28)26-41(45,46)27-51-52(40(2,3)4,33-12-7-5-8-13-33)34-14-9-6-10-15-34/h5-10,12-17,21-23,28,31,39,47,50H,11,18-20,24-27H2,1-4H3. The van der Waals surface area contributed by atoms with Crippen LogP contribution in [0.15, 0.2) is 91.0 Å². The quantitative estimate of drug-likeness (QED) is 0.109. The van der Waals surface area contributed by atoms with Gasteiger partial charge >= 0.3 is 0 Å². The first-order chi connectivity index (χ1) is 24.7. The lowest BCUT2D eigenvalue weighted by Gasteiger charge is -2.46. The van der Waals surface area contributed by atoms with Gasteiger partial charge in [0, 0.05) is 36.9 Å². The summed E-state index contributed by atoms with van der Waals surface area (Å²) < 4.78 is 84.9. The number of rotatable bonds is 13. The summed E-state index contributed by atoms with van der Waals surface area (Å²) in [5.74, 6) is -5.14. The number of anilines is 1. The van der Waals surface area contributed by atoms with Crippen molar-refractivity contribution < 1.29 is 31.5 Å². The van der Waals surface area contributed by atoms with Crippen LogP contribution in [-0.2, 0) is 10.8 Å². The minimum atomic E-state index is -3.42. The van der Waals surface area contributed by atoms with E-state index in [1.54, 1.807) is 13.0 Å². The Hall–Kier alpha value is -3.77. The van der Waals surface area contributed by atoms with E-state index in [1.165, 1.54) is 29.2 Å². The van der Waals surface area contributed by atoms with Crippen molar-refractivity contribution in [3.05, 3.63) is 119 Å². The maximum Gasteiger partial charge on any atom is 0.282 e. The molecule has 0 saturated carbocycles. The van der Waals surface area contributed by atoms with Gasteiger partial charge in [0.15, 0.2) is 0 Å². The molecule has 1 saturated heterocycles.